The van der Waals surface area contributed by atoms with Crippen LogP contribution in [0.15, 0.2) is 59.7 Å². The van der Waals surface area contributed by atoms with Crippen molar-refractivity contribution in [3.8, 4) is 11.4 Å². The molecule has 0 saturated carbocycles. The summed E-state index contributed by atoms with van der Waals surface area (Å²) in [5.74, 6) is 0.870. The van der Waals surface area contributed by atoms with Crippen LogP contribution in [0.5, 0.6) is 5.75 Å². The number of aldehydes is 1. The number of aromatic nitrogens is 2. The molecule has 0 fully saturated rings. The van der Waals surface area contributed by atoms with Crippen molar-refractivity contribution in [1.29, 1.82) is 0 Å². The zero-order valence-electron chi connectivity index (χ0n) is 13.5. The van der Waals surface area contributed by atoms with Gasteiger partial charge >= 0.3 is 0 Å². The molecule has 0 aliphatic carbocycles. The molecule has 7 heteroatoms. The molecule has 0 unspecified atom stereocenters. The first-order valence-corrected chi connectivity index (χ1v) is 7.57. The van der Waals surface area contributed by atoms with E-state index in [0.717, 1.165) is 5.56 Å². The predicted octanol–water partition coefficient (Wildman–Crippen LogP) is 4.23. The topological polar surface area (TPSA) is 92.9 Å². The van der Waals surface area contributed by atoms with Gasteiger partial charge in [-0.05, 0) is 40.5 Å². The summed E-state index contributed by atoms with van der Waals surface area (Å²) >= 11 is 0. The lowest BCUT2D eigenvalue weighted by atomic mass is 10.1. The molecule has 1 heterocycles. The lowest BCUT2D eigenvalue weighted by Gasteiger charge is -2.05. The Balaban J connectivity index is 2.10. The Morgan fingerprint density at radius 2 is 1.92 bits per heavy atom. The number of rotatable bonds is 6. The monoisotopic (exact) mass is 333 g/mol. The van der Waals surface area contributed by atoms with Gasteiger partial charge in [-0.3, -0.25) is 4.79 Å². The molecule has 124 valence electrons. The van der Waals surface area contributed by atoms with Crippen LogP contribution in [0, 0.1) is 0 Å². The van der Waals surface area contributed by atoms with Crippen molar-refractivity contribution >= 4 is 12.1 Å². The average Bonchev–Trinajstić information content (AvgIpc) is 3.00. The summed E-state index contributed by atoms with van der Waals surface area (Å²) in [5.41, 5.74) is 11.4. The molecule has 3 rings (SSSR count). The molecule has 7 nitrogen and oxygen atoms in total. The van der Waals surface area contributed by atoms with Crippen LogP contribution in [-0.2, 0) is 6.42 Å². The fourth-order valence-electron chi connectivity index (χ4n) is 2.55. The summed E-state index contributed by atoms with van der Waals surface area (Å²) in [6, 6.07) is 16.8. The van der Waals surface area contributed by atoms with Crippen LogP contribution in [0.25, 0.3) is 16.1 Å². The Morgan fingerprint density at radius 1 is 1.20 bits per heavy atom. The third-order valence-electron chi connectivity index (χ3n) is 3.76. The minimum absolute atomic E-state index is 0.175. The Kier molecular flexibility index (Phi) is 4.78. The third-order valence-corrected chi connectivity index (χ3v) is 3.76. The largest absolute Gasteiger partial charge is 0.497 e. The quantitative estimate of drug-likeness (QED) is 0.292. The minimum atomic E-state index is 0.175. The first-order chi connectivity index (χ1) is 12.3. The highest BCUT2D eigenvalue weighted by Crippen LogP contribution is 2.28. The van der Waals surface area contributed by atoms with Crippen molar-refractivity contribution in [3.63, 3.8) is 0 Å². The van der Waals surface area contributed by atoms with E-state index >= 15 is 0 Å². The second kappa shape index (κ2) is 7.33. The molecular weight excluding hydrogens is 318 g/mol. The second-order valence-electron chi connectivity index (χ2n) is 5.26. The maximum atomic E-state index is 11.6. The van der Waals surface area contributed by atoms with Crippen molar-refractivity contribution in [1.82, 2.24) is 9.78 Å². The van der Waals surface area contributed by atoms with Crippen molar-refractivity contribution in [2.45, 2.75) is 6.42 Å². The molecule has 1 aromatic heterocycles. The summed E-state index contributed by atoms with van der Waals surface area (Å²) in [6.45, 7) is 0. The molecular formula is C18H15N5O2. The van der Waals surface area contributed by atoms with E-state index in [0.29, 0.717) is 29.8 Å². The zero-order valence-corrected chi connectivity index (χ0v) is 13.5. The normalized spacial score (nSPS) is 10.1. The predicted molar refractivity (Wildman–Crippen MR) is 93.6 cm³/mol. The maximum Gasteiger partial charge on any atom is 0.154 e. The van der Waals surface area contributed by atoms with E-state index in [2.05, 4.69) is 15.1 Å². The number of carbonyl (C=O) groups is 1. The van der Waals surface area contributed by atoms with E-state index in [-0.39, 0.29) is 11.4 Å². The highest BCUT2D eigenvalue weighted by Gasteiger charge is 2.18. The summed E-state index contributed by atoms with van der Waals surface area (Å²) in [4.78, 5) is 14.4. The van der Waals surface area contributed by atoms with E-state index in [4.69, 9.17) is 10.3 Å². The van der Waals surface area contributed by atoms with Crippen LogP contribution in [0.2, 0.25) is 0 Å². The summed E-state index contributed by atoms with van der Waals surface area (Å²) in [7, 11) is 1.58. The first-order valence-electron chi connectivity index (χ1n) is 7.57. The SMILES string of the molecule is COc1ccc(-n2nc(Cc3ccccc3)c(C=O)c2N=[N+]=[N-])cc1. The Morgan fingerprint density at radius 3 is 2.52 bits per heavy atom. The molecule has 0 amide bonds. The lowest BCUT2D eigenvalue weighted by molar-refractivity contribution is 0.112. The van der Waals surface area contributed by atoms with Gasteiger partial charge < -0.3 is 4.74 Å². The van der Waals surface area contributed by atoms with E-state index in [1.165, 1.54) is 4.68 Å². The van der Waals surface area contributed by atoms with Crippen molar-refractivity contribution in [3.05, 3.63) is 81.9 Å². The molecule has 0 aliphatic rings. The van der Waals surface area contributed by atoms with Crippen LogP contribution in [0.4, 0.5) is 5.82 Å². The Labute approximate surface area is 144 Å². The van der Waals surface area contributed by atoms with E-state index in [9.17, 15) is 4.79 Å². The molecule has 2 aromatic carbocycles. The van der Waals surface area contributed by atoms with Gasteiger partial charge in [0.2, 0.25) is 0 Å². The molecule has 0 N–H and O–H groups in total. The second-order valence-corrected chi connectivity index (χ2v) is 5.26. The smallest absolute Gasteiger partial charge is 0.154 e. The van der Waals surface area contributed by atoms with Crippen LogP contribution >= 0.6 is 0 Å². The summed E-state index contributed by atoms with van der Waals surface area (Å²) in [5, 5.41) is 8.18. The Bertz CT molecular complexity index is 926. The molecule has 0 spiro atoms. The molecule has 25 heavy (non-hydrogen) atoms. The molecule has 0 bridgehead atoms. The maximum absolute atomic E-state index is 11.6. The first kappa shape index (κ1) is 16.3. The fourth-order valence-corrected chi connectivity index (χ4v) is 2.55. The molecule has 0 atom stereocenters. The van der Waals surface area contributed by atoms with Gasteiger partial charge in [0.25, 0.3) is 0 Å². The molecule has 3 aromatic rings. The highest BCUT2D eigenvalue weighted by molar-refractivity contribution is 5.84. The van der Waals surface area contributed by atoms with Crippen LogP contribution in [0.3, 0.4) is 0 Å². The van der Waals surface area contributed by atoms with Crippen LogP contribution in [0.1, 0.15) is 21.6 Å². The zero-order chi connectivity index (χ0) is 17.6. The van der Waals surface area contributed by atoms with Gasteiger partial charge in [-0.25, -0.2) is 4.68 Å². The molecule has 0 saturated heterocycles. The summed E-state index contributed by atoms with van der Waals surface area (Å²) < 4.78 is 6.62. The Hall–Kier alpha value is -3.57. The molecule has 0 radical (unpaired) electrons. The third kappa shape index (κ3) is 3.36. The van der Waals surface area contributed by atoms with Gasteiger partial charge in [-0.15, -0.1) is 0 Å². The summed E-state index contributed by atoms with van der Waals surface area (Å²) in [6.07, 6.45) is 1.14. The van der Waals surface area contributed by atoms with Crippen molar-refractivity contribution in [2.75, 3.05) is 7.11 Å². The number of benzene rings is 2. The van der Waals surface area contributed by atoms with Gasteiger partial charge in [0, 0.05) is 11.3 Å². The van der Waals surface area contributed by atoms with Crippen LogP contribution in [-0.4, -0.2) is 23.2 Å². The minimum Gasteiger partial charge on any atom is -0.497 e. The number of azide groups is 1. The lowest BCUT2D eigenvalue weighted by Crippen LogP contribution is -1.98. The van der Waals surface area contributed by atoms with Crippen LogP contribution < -0.4 is 4.74 Å². The number of ether oxygens (including phenoxy) is 1. The average molecular weight is 333 g/mol. The number of carbonyl (C=O) groups excluding carboxylic acids is 1. The van der Waals surface area contributed by atoms with Crippen molar-refractivity contribution in [2.24, 2.45) is 5.11 Å². The molecule has 0 aliphatic heterocycles. The standard InChI is InChI=1S/C18H15N5O2/c1-25-15-9-7-14(8-10-15)23-18(20-22-19)16(12-24)17(21-23)11-13-5-3-2-4-6-13/h2-10,12H,11H2,1H3. The van der Waals surface area contributed by atoms with Gasteiger partial charge in [0.15, 0.2) is 6.29 Å². The van der Waals surface area contributed by atoms with Gasteiger partial charge in [0.05, 0.1) is 24.1 Å². The van der Waals surface area contributed by atoms with Gasteiger partial charge in [-0.2, -0.15) is 5.10 Å². The van der Waals surface area contributed by atoms with E-state index < -0.39 is 0 Å². The fraction of sp³-hybridized carbons (Fsp3) is 0.111. The number of hydrogen-bond acceptors (Lipinski definition) is 4. The van der Waals surface area contributed by atoms with Gasteiger partial charge in [0.1, 0.15) is 11.6 Å². The number of methoxy groups -OCH3 is 1. The van der Waals surface area contributed by atoms with Crippen molar-refractivity contribution < 1.29 is 9.53 Å². The highest BCUT2D eigenvalue weighted by atomic mass is 16.5. The van der Waals surface area contributed by atoms with E-state index in [1.54, 1.807) is 31.4 Å². The van der Waals surface area contributed by atoms with Gasteiger partial charge in [-0.1, -0.05) is 30.3 Å². The number of hydrogen-bond donors (Lipinski definition) is 0. The van der Waals surface area contributed by atoms with E-state index in [1.807, 2.05) is 30.3 Å². The number of nitrogens with zero attached hydrogens (tertiary/aromatic N) is 5.